The van der Waals surface area contributed by atoms with Crippen molar-refractivity contribution in [2.75, 3.05) is 18.4 Å². The van der Waals surface area contributed by atoms with E-state index in [1.807, 2.05) is 25.3 Å². The third-order valence-electron chi connectivity index (χ3n) is 3.20. The van der Waals surface area contributed by atoms with Gasteiger partial charge in [0.05, 0.1) is 12.6 Å². The number of ether oxygens (including phenoxy) is 1. The van der Waals surface area contributed by atoms with Crippen LogP contribution in [-0.4, -0.2) is 40.3 Å². The van der Waals surface area contributed by atoms with Gasteiger partial charge in [0, 0.05) is 6.54 Å². The molecule has 0 aliphatic carbocycles. The molecule has 0 spiro atoms. The highest BCUT2D eigenvalue weighted by molar-refractivity contribution is 7.15. The second-order valence-corrected chi connectivity index (χ2v) is 6.92. The second kappa shape index (κ2) is 6.08. The Hall–Kier alpha value is -1.51. The Morgan fingerprint density at radius 1 is 1.48 bits per heavy atom. The lowest BCUT2D eigenvalue weighted by molar-refractivity contribution is -0.0640. The molecule has 0 aromatic carbocycles. The lowest BCUT2D eigenvalue weighted by atomic mass is 10.1. The van der Waals surface area contributed by atoms with Crippen LogP contribution in [0.2, 0.25) is 0 Å². The van der Waals surface area contributed by atoms with E-state index in [0.717, 1.165) is 10.6 Å². The first-order chi connectivity index (χ1) is 10.1. The van der Waals surface area contributed by atoms with E-state index < -0.39 is 0 Å². The standard InChI is InChI=1S/C13H16N4O2S2/c1-8-5-17(6-11(19-8)10-3-4-20-7-10)13(18)14-12-16-15-9(2)21-12/h3-4,7-8,11H,5-6H2,1-2H3,(H,14,16,18)/t8-,11+/m1/s1. The highest BCUT2D eigenvalue weighted by Crippen LogP contribution is 2.27. The average molecular weight is 324 g/mol. The van der Waals surface area contributed by atoms with Gasteiger partial charge in [-0.25, -0.2) is 4.79 Å². The molecule has 1 fully saturated rings. The van der Waals surface area contributed by atoms with Crippen LogP contribution in [0.1, 0.15) is 23.6 Å². The molecule has 2 amide bonds. The third kappa shape index (κ3) is 3.39. The fourth-order valence-corrected chi connectivity index (χ4v) is 3.56. The number of aryl methyl sites for hydroxylation is 1. The van der Waals surface area contributed by atoms with Crippen molar-refractivity contribution >= 4 is 33.8 Å². The number of morpholine rings is 1. The van der Waals surface area contributed by atoms with Crippen LogP contribution in [0.3, 0.4) is 0 Å². The van der Waals surface area contributed by atoms with E-state index in [2.05, 4.69) is 20.9 Å². The highest BCUT2D eigenvalue weighted by Gasteiger charge is 2.30. The van der Waals surface area contributed by atoms with E-state index in [1.165, 1.54) is 11.3 Å². The van der Waals surface area contributed by atoms with Gasteiger partial charge >= 0.3 is 6.03 Å². The molecule has 0 unspecified atom stereocenters. The number of rotatable bonds is 2. The maximum absolute atomic E-state index is 12.3. The predicted molar refractivity (Wildman–Crippen MR) is 82.8 cm³/mol. The van der Waals surface area contributed by atoms with E-state index in [0.29, 0.717) is 18.2 Å². The molecule has 0 saturated carbocycles. The third-order valence-corrected chi connectivity index (χ3v) is 4.66. The number of hydrogen-bond acceptors (Lipinski definition) is 6. The van der Waals surface area contributed by atoms with Crippen molar-refractivity contribution in [3.05, 3.63) is 27.4 Å². The monoisotopic (exact) mass is 324 g/mol. The van der Waals surface area contributed by atoms with Crippen LogP contribution in [0.4, 0.5) is 9.93 Å². The molecular weight excluding hydrogens is 308 g/mol. The summed E-state index contributed by atoms with van der Waals surface area (Å²) < 4.78 is 5.93. The van der Waals surface area contributed by atoms with E-state index >= 15 is 0 Å². The number of urea groups is 1. The number of thiophene rings is 1. The number of carbonyl (C=O) groups is 1. The molecule has 2 aromatic heterocycles. The van der Waals surface area contributed by atoms with Crippen LogP contribution < -0.4 is 5.32 Å². The largest absolute Gasteiger partial charge is 0.367 e. The minimum atomic E-state index is -0.151. The Bertz CT molecular complexity index is 613. The van der Waals surface area contributed by atoms with Crippen molar-refractivity contribution < 1.29 is 9.53 Å². The Labute approximate surface area is 130 Å². The topological polar surface area (TPSA) is 67.4 Å². The summed E-state index contributed by atoms with van der Waals surface area (Å²) >= 11 is 3.00. The van der Waals surface area contributed by atoms with Gasteiger partial charge in [-0.1, -0.05) is 11.3 Å². The zero-order chi connectivity index (χ0) is 14.8. The van der Waals surface area contributed by atoms with Gasteiger partial charge in [0.15, 0.2) is 0 Å². The number of carbonyl (C=O) groups excluding carboxylic acids is 1. The van der Waals surface area contributed by atoms with Crippen molar-refractivity contribution in [2.45, 2.75) is 26.1 Å². The van der Waals surface area contributed by atoms with Crippen molar-refractivity contribution in [1.29, 1.82) is 0 Å². The number of hydrogen-bond donors (Lipinski definition) is 1. The van der Waals surface area contributed by atoms with Gasteiger partial charge in [0.2, 0.25) is 5.13 Å². The molecule has 8 heteroatoms. The normalized spacial score (nSPS) is 22.3. The average Bonchev–Trinajstić information content (AvgIpc) is 3.10. The van der Waals surface area contributed by atoms with Crippen molar-refractivity contribution in [1.82, 2.24) is 15.1 Å². The SMILES string of the molecule is Cc1nnc(NC(=O)N2C[C@@H](C)O[C@H](c3ccsc3)C2)s1. The Balaban J connectivity index is 1.67. The first-order valence-corrected chi connectivity index (χ1v) is 8.41. The van der Waals surface area contributed by atoms with Crippen LogP contribution in [0.25, 0.3) is 0 Å². The molecule has 21 heavy (non-hydrogen) atoms. The van der Waals surface area contributed by atoms with Crippen molar-refractivity contribution in [3.63, 3.8) is 0 Å². The maximum Gasteiger partial charge on any atom is 0.323 e. The quantitative estimate of drug-likeness (QED) is 0.922. The summed E-state index contributed by atoms with van der Waals surface area (Å²) in [6.45, 7) is 4.96. The minimum absolute atomic E-state index is 0.00514. The minimum Gasteiger partial charge on any atom is -0.367 e. The number of nitrogens with zero attached hydrogens (tertiary/aromatic N) is 3. The van der Waals surface area contributed by atoms with E-state index in [-0.39, 0.29) is 18.2 Å². The molecule has 1 N–H and O–H groups in total. The number of nitrogens with one attached hydrogen (secondary N) is 1. The van der Waals surface area contributed by atoms with Gasteiger partial charge in [-0.05, 0) is 36.2 Å². The molecule has 2 atom stereocenters. The van der Waals surface area contributed by atoms with Crippen LogP contribution in [0.5, 0.6) is 0 Å². The fraction of sp³-hybridized carbons (Fsp3) is 0.462. The number of aromatic nitrogens is 2. The van der Waals surface area contributed by atoms with E-state index in [1.54, 1.807) is 16.2 Å². The lowest BCUT2D eigenvalue weighted by Crippen LogP contribution is -2.47. The smallest absolute Gasteiger partial charge is 0.323 e. The predicted octanol–water partition coefficient (Wildman–Crippen LogP) is 2.90. The number of amides is 2. The fourth-order valence-electron chi connectivity index (χ4n) is 2.28. The summed E-state index contributed by atoms with van der Waals surface area (Å²) in [5.41, 5.74) is 1.12. The summed E-state index contributed by atoms with van der Waals surface area (Å²) in [4.78, 5) is 14.1. The van der Waals surface area contributed by atoms with Crippen LogP contribution in [0.15, 0.2) is 16.8 Å². The molecule has 1 aliphatic rings. The summed E-state index contributed by atoms with van der Waals surface area (Å²) in [7, 11) is 0. The highest BCUT2D eigenvalue weighted by atomic mass is 32.1. The Morgan fingerprint density at radius 2 is 2.33 bits per heavy atom. The maximum atomic E-state index is 12.3. The zero-order valence-corrected chi connectivity index (χ0v) is 13.4. The van der Waals surface area contributed by atoms with Gasteiger partial charge in [-0.15, -0.1) is 10.2 Å². The molecule has 6 nitrogen and oxygen atoms in total. The van der Waals surface area contributed by atoms with Gasteiger partial charge in [0.25, 0.3) is 0 Å². The molecule has 3 rings (SSSR count). The van der Waals surface area contributed by atoms with Gasteiger partial charge < -0.3 is 9.64 Å². The van der Waals surface area contributed by atoms with Gasteiger partial charge in [-0.2, -0.15) is 11.3 Å². The second-order valence-electron chi connectivity index (χ2n) is 4.95. The van der Waals surface area contributed by atoms with Crippen molar-refractivity contribution in [2.24, 2.45) is 0 Å². The molecular formula is C13H16N4O2S2. The molecule has 1 saturated heterocycles. The molecule has 0 radical (unpaired) electrons. The summed E-state index contributed by atoms with van der Waals surface area (Å²) in [5, 5.41) is 16.1. The first kappa shape index (κ1) is 14.4. The van der Waals surface area contributed by atoms with Crippen LogP contribution >= 0.6 is 22.7 Å². The zero-order valence-electron chi connectivity index (χ0n) is 11.8. The number of anilines is 1. The lowest BCUT2D eigenvalue weighted by Gasteiger charge is -2.36. The molecule has 3 heterocycles. The molecule has 1 aliphatic heterocycles. The van der Waals surface area contributed by atoms with E-state index in [4.69, 9.17) is 4.74 Å². The summed E-state index contributed by atoms with van der Waals surface area (Å²) in [6, 6.07) is 1.89. The molecule has 0 bridgehead atoms. The van der Waals surface area contributed by atoms with E-state index in [9.17, 15) is 4.79 Å². The van der Waals surface area contributed by atoms with Crippen LogP contribution in [-0.2, 0) is 4.74 Å². The van der Waals surface area contributed by atoms with Gasteiger partial charge in [0.1, 0.15) is 11.1 Å². The molecule has 112 valence electrons. The summed E-state index contributed by atoms with van der Waals surface area (Å²) in [5.74, 6) is 0. The first-order valence-electron chi connectivity index (χ1n) is 6.65. The Kier molecular flexibility index (Phi) is 4.18. The molecule has 2 aromatic rings. The summed E-state index contributed by atoms with van der Waals surface area (Å²) in [6.07, 6.45) is -0.0625. The van der Waals surface area contributed by atoms with Crippen molar-refractivity contribution in [3.8, 4) is 0 Å². The van der Waals surface area contributed by atoms with Crippen LogP contribution in [0, 0.1) is 6.92 Å². The van der Waals surface area contributed by atoms with Gasteiger partial charge in [-0.3, -0.25) is 5.32 Å². The Morgan fingerprint density at radius 3 is 3.00 bits per heavy atom.